The Balaban J connectivity index is 0.000000455. The molecule has 2 N–H and O–H groups in total. The molecule has 3 aromatic rings. The molecule has 8 nitrogen and oxygen atoms in total. The lowest BCUT2D eigenvalue weighted by Gasteiger charge is -2.37. The maximum Gasteiger partial charge on any atom is 0.219 e. The van der Waals surface area contributed by atoms with E-state index in [0.717, 1.165) is 66.9 Å². The molecule has 0 saturated carbocycles. The van der Waals surface area contributed by atoms with Crippen molar-refractivity contribution in [2.24, 2.45) is 7.05 Å². The number of ether oxygens (including phenoxy) is 1. The molecule has 0 radical (unpaired) electrons. The average molecular weight is 527 g/mol. The lowest BCUT2D eigenvalue weighted by molar-refractivity contribution is -0.128. The molecule has 1 amide bonds. The number of nitrogens with one attached hydrogen (secondary N) is 2. The Morgan fingerprint density at radius 1 is 1.08 bits per heavy atom. The van der Waals surface area contributed by atoms with Crippen LogP contribution in [0, 0.1) is 5.41 Å². The summed E-state index contributed by atoms with van der Waals surface area (Å²) in [6.45, 7) is 5.05. The Morgan fingerprint density at radius 2 is 1.85 bits per heavy atom. The number of carbonyl (C=O) groups is 1. The van der Waals surface area contributed by atoms with E-state index in [4.69, 9.17) is 4.74 Å². The molecule has 8 heteroatoms. The highest BCUT2D eigenvalue weighted by Crippen LogP contribution is 2.33. The number of hydrogen-bond donors (Lipinski definition) is 2. The Bertz CT molecular complexity index is 1300. The van der Waals surface area contributed by atoms with Crippen molar-refractivity contribution in [3.8, 4) is 11.1 Å². The molecule has 1 saturated heterocycles. The summed E-state index contributed by atoms with van der Waals surface area (Å²) in [6, 6.07) is 18.8. The summed E-state index contributed by atoms with van der Waals surface area (Å²) in [7, 11) is 1.93. The predicted octanol–water partition coefficient (Wildman–Crippen LogP) is 4.39. The van der Waals surface area contributed by atoms with Gasteiger partial charge in [0.25, 0.3) is 0 Å². The average Bonchev–Trinajstić information content (AvgIpc) is 3.65. The molecule has 1 aromatic heterocycles. The molecule has 4 heterocycles. The van der Waals surface area contributed by atoms with Gasteiger partial charge in [0.15, 0.2) is 0 Å². The zero-order chi connectivity index (χ0) is 27.2. The number of rotatable bonds is 4. The van der Waals surface area contributed by atoms with Crippen LogP contribution in [-0.2, 0) is 23.0 Å². The number of hydrogen-bond acceptors (Lipinski definition) is 5. The van der Waals surface area contributed by atoms with Gasteiger partial charge in [0, 0.05) is 68.8 Å². The van der Waals surface area contributed by atoms with Gasteiger partial charge in [0.2, 0.25) is 5.91 Å². The van der Waals surface area contributed by atoms with Gasteiger partial charge in [-0.05, 0) is 42.5 Å². The Labute approximate surface area is 230 Å². The summed E-state index contributed by atoms with van der Waals surface area (Å²) in [5.41, 5.74) is 6.61. The molecule has 0 aliphatic carbocycles. The van der Waals surface area contributed by atoms with Crippen molar-refractivity contribution in [1.29, 1.82) is 5.41 Å². The SMILES string of the molecule is CC(=O)N1CCC(NC2CCOC2)=C(C(=N)N2CCCc3cc(-c4cnn(C)c4)ccc32)C1.c1ccccc1. The van der Waals surface area contributed by atoms with Crippen LogP contribution in [0.5, 0.6) is 0 Å². The summed E-state index contributed by atoms with van der Waals surface area (Å²) in [5, 5.41) is 17.2. The van der Waals surface area contributed by atoms with Gasteiger partial charge in [-0.15, -0.1) is 0 Å². The first-order chi connectivity index (χ1) is 19.0. The first-order valence-electron chi connectivity index (χ1n) is 13.8. The van der Waals surface area contributed by atoms with Crippen LogP contribution in [0.25, 0.3) is 11.1 Å². The van der Waals surface area contributed by atoms with Crippen molar-refractivity contribution < 1.29 is 9.53 Å². The fraction of sp³-hybridized carbons (Fsp3) is 0.387. The third-order valence-electron chi connectivity index (χ3n) is 7.56. The van der Waals surface area contributed by atoms with E-state index in [1.165, 1.54) is 5.56 Å². The van der Waals surface area contributed by atoms with E-state index in [2.05, 4.69) is 33.5 Å². The summed E-state index contributed by atoms with van der Waals surface area (Å²) >= 11 is 0. The van der Waals surface area contributed by atoms with Gasteiger partial charge in [0.1, 0.15) is 5.84 Å². The summed E-state index contributed by atoms with van der Waals surface area (Å²) < 4.78 is 7.36. The summed E-state index contributed by atoms with van der Waals surface area (Å²) in [6.07, 6.45) is 7.63. The molecule has 2 aromatic carbocycles. The van der Waals surface area contributed by atoms with Crippen molar-refractivity contribution >= 4 is 17.4 Å². The molecule has 3 aliphatic heterocycles. The van der Waals surface area contributed by atoms with Crippen LogP contribution in [0.3, 0.4) is 0 Å². The van der Waals surface area contributed by atoms with E-state index < -0.39 is 0 Å². The van der Waals surface area contributed by atoms with Crippen molar-refractivity contribution in [3.05, 3.63) is 83.8 Å². The fourth-order valence-electron chi connectivity index (χ4n) is 5.43. The number of benzene rings is 2. The minimum absolute atomic E-state index is 0.0590. The Hall–Kier alpha value is -3.91. The second-order valence-corrected chi connectivity index (χ2v) is 10.4. The van der Waals surface area contributed by atoms with E-state index in [1.54, 1.807) is 6.92 Å². The minimum atomic E-state index is 0.0590. The van der Waals surface area contributed by atoms with Gasteiger partial charge in [-0.1, -0.05) is 42.5 Å². The number of amidine groups is 1. The van der Waals surface area contributed by atoms with Gasteiger partial charge in [-0.2, -0.15) is 5.10 Å². The second-order valence-electron chi connectivity index (χ2n) is 10.4. The Kier molecular flexibility index (Phi) is 8.42. The van der Waals surface area contributed by atoms with Crippen LogP contribution >= 0.6 is 0 Å². The van der Waals surface area contributed by atoms with E-state index in [0.29, 0.717) is 25.5 Å². The molecule has 1 unspecified atom stereocenters. The molecule has 6 rings (SSSR count). The standard InChI is InChI=1S/C25H32N6O2.C6H6/c1-17(32)30-10-7-23(28-21-8-11-33-16-21)22(15-30)25(26)31-9-3-4-19-12-18(5-6-24(19)31)20-13-27-29(2)14-20;1-2-4-6-5-3-1/h5-6,12-14,21,26,28H,3-4,7-11,15-16H2,1-2H3;1-6H. The lowest BCUT2D eigenvalue weighted by Crippen LogP contribution is -2.46. The molecular weight excluding hydrogens is 488 g/mol. The van der Waals surface area contributed by atoms with Gasteiger partial charge >= 0.3 is 0 Å². The number of anilines is 1. The maximum atomic E-state index is 12.1. The van der Waals surface area contributed by atoms with Crippen LogP contribution in [0.2, 0.25) is 0 Å². The number of aryl methyl sites for hydroxylation is 2. The lowest BCUT2D eigenvalue weighted by atomic mass is 9.95. The van der Waals surface area contributed by atoms with Crippen LogP contribution in [0.15, 0.2) is 78.3 Å². The van der Waals surface area contributed by atoms with E-state index in [1.807, 2.05) is 65.4 Å². The number of carbonyl (C=O) groups excluding carboxylic acids is 1. The molecule has 1 fully saturated rings. The second kappa shape index (κ2) is 12.3. The third-order valence-corrected chi connectivity index (χ3v) is 7.56. The molecule has 204 valence electrons. The number of fused-ring (bicyclic) bond motifs is 1. The number of aromatic nitrogens is 2. The molecule has 0 bridgehead atoms. The van der Waals surface area contributed by atoms with E-state index in [9.17, 15) is 10.2 Å². The highest BCUT2D eigenvalue weighted by atomic mass is 16.5. The van der Waals surface area contributed by atoms with Crippen LogP contribution in [-0.4, -0.2) is 65.3 Å². The third kappa shape index (κ3) is 6.40. The van der Waals surface area contributed by atoms with Crippen molar-refractivity contribution in [1.82, 2.24) is 20.0 Å². The number of nitrogens with zero attached hydrogens (tertiary/aromatic N) is 4. The summed E-state index contributed by atoms with van der Waals surface area (Å²) in [5.74, 6) is 0.557. The topological polar surface area (TPSA) is 86.5 Å². The molecule has 0 spiro atoms. The van der Waals surface area contributed by atoms with E-state index in [-0.39, 0.29) is 11.9 Å². The van der Waals surface area contributed by atoms with Crippen molar-refractivity contribution in [2.75, 3.05) is 37.7 Å². The smallest absolute Gasteiger partial charge is 0.219 e. The minimum Gasteiger partial charge on any atom is -0.383 e. The van der Waals surface area contributed by atoms with Gasteiger partial charge in [-0.3, -0.25) is 14.9 Å². The molecule has 39 heavy (non-hydrogen) atoms. The zero-order valence-electron chi connectivity index (χ0n) is 22.9. The van der Waals surface area contributed by atoms with Crippen molar-refractivity contribution in [2.45, 2.75) is 38.6 Å². The van der Waals surface area contributed by atoms with Crippen LogP contribution in [0.1, 0.15) is 31.7 Å². The number of amides is 1. The highest BCUT2D eigenvalue weighted by Gasteiger charge is 2.30. The normalized spacial score (nSPS) is 18.8. The van der Waals surface area contributed by atoms with Gasteiger partial charge in [0.05, 0.1) is 25.4 Å². The first kappa shape index (κ1) is 26.7. The van der Waals surface area contributed by atoms with Crippen LogP contribution in [0.4, 0.5) is 5.69 Å². The quantitative estimate of drug-likeness (QED) is 0.389. The molecule has 1 atom stereocenters. The fourth-order valence-corrected chi connectivity index (χ4v) is 5.43. The molecular formula is C31H38N6O2. The van der Waals surface area contributed by atoms with Gasteiger partial charge < -0.3 is 19.9 Å². The summed E-state index contributed by atoms with van der Waals surface area (Å²) in [4.78, 5) is 16.1. The van der Waals surface area contributed by atoms with E-state index >= 15 is 0 Å². The Morgan fingerprint density at radius 3 is 2.49 bits per heavy atom. The van der Waals surface area contributed by atoms with Gasteiger partial charge in [-0.25, -0.2) is 0 Å². The van der Waals surface area contributed by atoms with Crippen LogP contribution < -0.4 is 10.2 Å². The largest absolute Gasteiger partial charge is 0.383 e. The monoisotopic (exact) mass is 526 g/mol. The maximum absolute atomic E-state index is 12.1. The zero-order valence-corrected chi connectivity index (χ0v) is 22.9. The van der Waals surface area contributed by atoms with Crippen molar-refractivity contribution in [3.63, 3.8) is 0 Å². The predicted molar refractivity (Wildman–Crippen MR) is 155 cm³/mol. The first-order valence-corrected chi connectivity index (χ1v) is 13.8. The highest BCUT2D eigenvalue weighted by molar-refractivity contribution is 6.09. The molecule has 3 aliphatic rings.